The first-order chi connectivity index (χ1) is 13.3. The van der Waals surface area contributed by atoms with Crippen LogP contribution >= 0.6 is 15.9 Å². The number of fused-ring (bicyclic) bond motifs is 3. The second kappa shape index (κ2) is 7.31. The molecule has 3 aliphatic rings. The molecule has 0 saturated heterocycles. The van der Waals surface area contributed by atoms with Crippen LogP contribution in [0, 0.1) is 0 Å². The first-order valence-corrected chi connectivity index (χ1v) is 11.8. The Kier molecular flexibility index (Phi) is 4.69. The molecule has 0 spiro atoms. The van der Waals surface area contributed by atoms with E-state index < -0.39 is 0 Å². The molecule has 0 N–H and O–H groups in total. The van der Waals surface area contributed by atoms with Crippen molar-refractivity contribution in [2.24, 2.45) is 0 Å². The summed E-state index contributed by atoms with van der Waals surface area (Å²) < 4.78 is 10.4. The zero-order valence-electron chi connectivity index (χ0n) is 14.9. The van der Waals surface area contributed by atoms with Crippen molar-refractivity contribution >= 4 is 41.4 Å². The van der Waals surface area contributed by atoms with Gasteiger partial charge in [-0.2, -0.15) is 0 Å². The summed E-state index contributed by atoms with van der Waals surface area (Å²) in [5, 5.41) is 0. The molecule has 0 saturated carbocycles. The van der Waals surface area contributed by atoms with Crippen LogP contribution in [0.1, 0.15) is 30.4 Å². The average Bonchev–Trinajstić information content (AvgIpc) is 2.70. The van der Waals surface area contributed by atoms with Crippen LogP contribution < -0.4 is 9.20 Å². The Morgan fingerprint density at radius 1 is 1.04 bits per heavy atom. The van der Waals surface area contributed by atoms with E-state index in [1.165, 1.54) is 37.6 Å². The van der Waals surface area contributed by atoms with Gasteiger partial charge in [0.2, 0.25) is 0 Å². The minimum atomic E-state index is 0.398. The van der Waals surface area contributed by atoms with Gasteiger partial charge < -0.3 is 0 Å². The summed E-state index contributed by atoms with van der Waals surface area (Å²) in [6.07, 6.45) is 13.7. The molecule has 0 bridgehead atoms. The summed E-state index contributed by atoms with van der Waals surface area (Å²) in [6.45, 7) is 0. The molecule has 2 heterocycles. The zero-order chi connectivity index (χ0) is 18.2. The monoisotopic (exact) mass is 482 g/mol. The number of benzene rings is 2. The van der Waals surface area contributed by atoms with Crippen LogP contribution in [0.2, 0.25) is 0 Å². The van der Waals surface area contributed by atoms with Crippen molar-refractivity contribution in [3.63, 3.8) is 0 Å². The second-order valence-corrected chi connectivity index (χ2v) is 10.3. The molecule has 1 nitrogen and oxygen atoms in total. The molecule has 2 aromatic carbocycles. The maximum absolute atomic E-state index is 6.34. The van der Waals surface area contributed by atoms with Gasteiger partial charge in [0.05, 0.1) is 0 Å². The quantitative estimate of drug-likeness (QED) is 0.500. The first-order valence-electron chi connectivity index (χ1n) is 9.32. The molecule has 1 aliphatic carbocycles. The third-order valence-electron chi connectivity index (χ3n) is 5.17. The fourth-order valence-corrected chi connectivity index (χ4v) is 6.19. The molecule has 3 heteroatoms. The SMILES string of the molecule is Brc1ccc2c(c1)OC1=C(C=CC3=CCc4ccccc4[Se]3)CCCC1=C2. The number of hydrogen-bond donors (Lipinski definition) is 0. The van der Waals surface area contributed by atoms with E-state index >= 15 is 0 Å². The summed E-state index contributed by atoms with van der Waals surface area (Å²) in [5.74, 6) is 2.03. The Labute approximate surface area is 174 Å². The van der Waals surface area contributed by atoms with Gasteiger partial charge in [-0.3, -0.25) is 0 Å². The molecule has 5 rings (SSSR count). The van der Waals surface area contributed by atoms with E-state index in [0.717, 1.165) is 35.2 Å². The van der Waals surface area contributed by atoms with Crippen LogP contribution in [0.4, 0.5) is 0 Å². The number of ether oxygens (including phenoxy) is 1. The fourth-order valence-electron chi connectivity index (χ4n) is 3.78. The van der Waals surface area contributed by atoms with Crippen LogP contribution in [0.3, 0.4) is 0 Å². The van der Waals surface area contributed by atoms with Crippen molar-refractivity contribution in [3.05, 3.63) is 97.7 Å². The van der Waals surface area contributed by atoms with Gasteiger partial charge in [-0.25, -0.2) is 0 Å². The van der Waals surface area contributed by atoms with E-state index in [0.29, 0.717) is 15.0 Å². The minimum absolute atomic E-state index is 0.398. The summed E-state index contributed by atoms with van der Waals surface area (Å²) in [7, 11) is 0. The van der Waals surface area contributed by atoms with Gasteiger partial charge in [0.1, 0.15) is 0 Å². The van der Waals surface area contributed by atoms with Crippen LogP contribution in [-0.2, 0) is 6.42 Å². The molecular formula is C24H19BrOSe. The van der Waals surface area contributed by atoms with Gasteiger partial charge in [0, 0.05) is 0 Å². The predicted octanol–water partition coefficient (Wildman–Crippen LogP) is 5.69. The maximum atomic E-state index is 6.34. The molecule has 0 unspecified atom stereocenters. The van der Waals surface area contributed by atoms with Gasteiger partial charge in [-0.05, 0) is 0 Å². The van der Waals surface area contributed by atoms with Crippen molar-refractivity contribution < 1.29 is 4.74 Å². The van der Waals surface area contributed by atoms with E-state index in [4.69, 9.17) is 4.74 Å². The van der Waals surface area contributed by atoms with E-state index in [9.17, 15) is 0 Å². The molecular weight excluding hydrogens is 463 g/mol. The van der Waals surface area contributed by atoms with Crippen molar-refractivity contribution in [1.29, 1.82) is 0 Å². The molecule has 0 aromatic heterocycles. The van der Waals surface area contributed by atoms with Crippen molar-refractivity contribution in [3.8, 4) is 5.75 Å². The zero-order valence-corrected chi connectivity index (χ0v) is 18.2. The molecule has 27 heavy (non-hydrogen) atoms. The summed E-state index contributed by atoms with van der Waals surface area (Å²) >= 11 is 3.95. The molecule has 2 aromatic rings. The van der Waals surface area contributed by atoms with Gasteiger partial charge in [-0.1, -0.05) is 0 Å². The average molecular weight is 482 g/mol. The van der Waals surface area contributed by atoms with Gasteiger partial charge >= 0.3 is 175 Å². The Balaban J connectivity index is 1.44. The number of hydrogen-bond acceptors (Lipinski definition) is 1. The van der Waals surface area contributed by atoms with Crippen molar-refractivity contribution in [2.75, 3.05) is 0 Å². The van der Waals surface area contributed by atoms with E-state index in [2.05, 4.69) is 82.7 Å². The van der Waals surface area contributed by atoms with Crippen molar-refractivity contribution in [1.82, 2.24) is 0 Å². The fraction of sp³-hybridized carbons (Fsp3) is 0.167. The summed E-state index contributed by atoms with van der Waals surface area (Å²) in [6, 6.07) is 15.1. The van der Waals surface area contributed by atoms with Crippen LogP contribution in [0.15, 0.2) is 86.5 Å². The van der Waals surface area contributed by atoms with Gasteiger partial charge in [-0.15, -0.1) is 0 Å². The number of allylic oxidation sites excluding steroid dienone is 6. The van der Waals surface area contributed by atoms with Crippen LogP contribution in [-0.4, -0.2) is 15.0 Å². The summed E-state index contributed by atoms with van der Waals surface area (Å²) in [5.41, 5.74) is 5.33. The van der Waals surface area contributed by atoms with Crippen molar-refractivity contribution in [2.45, 2.75) is 25.7 Å². The Morgan fingerprint density at radius 3 is 2.93 bits per heavy atom. The van der Waals surface area contributed by atoms with E-state index in [1.807, 2.05) is 0 Å². The third kappa shape index (κ3) is 3.52. The standard InChI is InChI=1S/C24H19BrOSe/c25-20-11-8-18-14-19-6-3-5-17(24(19)26-22(18)15-20)10-13-21-12-9-16-4-1-2-7-23(16)27-21/h1-2,4,7-8,10-15H,3,5-6,9H2. The molecule has 0 fully saturated rings. The van der Waals surface area contributed by atoms with Gasteiger partial charge in [0.15, 0.2) is 0 Å². The third-order valence-corrected chi connectivity index (χ3v) is 8.09. The van der Waals surface area contributed by atoms with Crippen LogP contribution in [0.25, 0.3) is 6.08 Å². The Hall–Kier alpha value is -1.80. The Morgan fingerprint density at radius 2 is 1.96 bits per heavy atom. The predicted molar refractivity (Wildman–Crippen MR) is 116 cm³/mol. The summed E-state index contributed by atoms with van der Waals surface area (Å²) in [4.78, 5) is 0. The molecule has 0 atom stereocenters. The molecule has 134 valence electrons. The molecule has 2 aliphatic heterocycles. The normalized spacial score (nSPS) is 18.3. The molecule has 0 radical (unpaired) electrons. The topological polar surface area (TPSA) is 9.23 Å². The number of halogens is 1. The second-order valence-electron chi connectivity index (χ2n) is 7.02. The molecule has 0 amide bonds. The Bertz CT molecular complexity index is 1040. The number of rotatable bonds is 2. The van der Waals surface area contributed by atoms with E-state index in [-0.39, 0.29) is 0 Å². The van der Waals surface area contributed by atoms with E-state index in [1.54, 1.807) is 0 Å². The van der Waals surface area contributed by atoms with Gasteiger partial charge in [0.25, 0.3) is 0 Å². The first kappa shape index (κ1) is 17.3. The van der Waals surface area contributed by atoms with Crippen LogP contribution in [0.5, 0.6) is 5.75 Å².